The predicted molar refractivity (Wildman–Crippen MR) is 144 cm³/mol. The summed E-state index contributed by atoms with van der Waals surface area (Å²) < 4.78 is 11.4. The summed E-state index contributed by atoms with van der Waals surface area (Å²) in [7, 11) is 0. The Hall–Kier alpha value is -3.10. The molecule has 1 N–H and O–H groups in total. The van der Waals surface area contributed by atoms with Crippen molar-refractivity contribution in [3.8, 4) is 0 Å². The highest BCUT2D eigenvalue weighted by atomic mass is 16.6. The summed E-state index contributed by atoms with van der Waals surface area (Å²) in [6.07, 6.45) is 2.34. The average molecular weight is 543 g/mol. The summed E-state index contributed by atoms with van der Waals surface area (Å²) in [6, 6.07) is 5.02. The molecule has 214 valence electrons. The molecule has 1 saturated heterocycles. The lowest BCUT2D eigenvalue weighted by molar-refractivity contribution is -0.157. The fourth-order valence-corrected chi connectivity index (χ4v) is 5.89. The van der Waals surface area contributed by atoms with E-state index in [-0.39, 0.29) is 31.4 Å². The smallest absolute Gasteiger partial charge is 0.410 e. The first-order valence-corrected chi connectivity index (χ1v) is 14.0. The van der Waals surface area contributed by atoms with Crippen LogP contribution in [0.3, 0.4) is 0 Å². The zero-order chi connectivity index (χ0) is 28.5. The second kappa shape index (κ2) is 11.2. The van der Waals surface area contributed by atoms with Crippen molar-refractivity contribution < 1.29 is 33.8 Å². The number of aryl methyl sites for hydroxylation is 1. The van der Waals surface area contributed by atoms with Crippen LogP contribution in [0.15, 0.2) is 18.2 Å². The minimum atomic E-state index is -1.16. The van der Waals surface area contributed by atoms with Gasteiger partial charge in [0.05, 0.1) is 25.5 Å². The van der Waals surface area contributed by atoms with Crippen LogP contribution in [0.4, 0.5) is 4.79 Å². The molecule has 0 spiro atoms. The van der Waals surface area contributed by atoms with E-state index in [1.165, 1.54) is 10.5 Å². The Labute approximate surface area is 230 Å². The number of rotatable bonds is 1. The number of carbonyl (C=O) groups excluding carboxylic acids is 3. The quantitative estimate of drug-likeness (QED) is 0.518. The summed E-state index contributed by atoms with van der Waals surface area (Å²) in [4.78, 5) is 54.8. The van der Waals surface area contributed by atoms with E-state index >= 15 is 0 Å². The van der Waals surface area contributed by atoms with Crippen molar-refractivity contribution in [3.05, 3.63) is 34.9 Å². The number of hydrogen-bond donors (Lipinski definition) is 1. The van der Waals surface area contributed by atoms with E-state index in [0.717, 1.165) is 36.8 Å². The van der Waals surface area contributed by atoms with Gasteiger partial charge >= 0.3 is 18.0 Å². The predicted octanol–water partition coefficient (Wildman–Crippen LogP) is 4.54. The monoisotopic (exact) mass is 542 g/mol. The number of esters is 1. The van der Waals surface area contributed by atoms with Gasteiger partial charge in [0.2, 0.25) is 5.91 Å². The molecule has 9 nitrogen and oxygen atoms in total. The van der Waals surface area contributed by atoms with E-state index in [1.807, 2.05) is 32.9 Å². The number of cyclic esters (lactones) is 1. The van der Waals surface area contributed by atoms with Crippen molar-refractivity contribution in [2.75, 3.05) is 13.2 Å². The summed E-state index contributed by atoms with van der Waals surface area (Å²) >= 11 is 0. The molecule has 3 aliphatic heterocycles. The number of aliphatic carboxylic acids is 1. The number of benzene rings is 1. The van der Waals surface area contributed by atoms with Gasteiger partial charge in [-0.3, -0.25) is 14.5 Å². The lowest BCUT2D eigenvalue weighted by Gasteiger charge is -2.34. The Morgan fingerprint density at radius 3 is 2.49 bits per heavy atom. The van der Waals surface area contributed by atoms with Crippen molar-refractivity contribution in [2.24, 2.45) is 16.7 Å². The van der Waals surface area contributed by atoms with Crippen LogP contribution in [0.25, 0.3) is 0 Å². The van der Waals surface area contributed by atoms with Gasteiger partial charge in [0, 0.05) is 19.5 Å². The number of carboxylic acids is 1. The van der Waals surface area contributed by atoms with E-state index < -0.39 is 47.4 Å². The molecule has 39 heavy (non-hydrogen) atoms. The first-order valence-electron chi connectivity index (χ1n) is 14.0. The van der Waals surface area contributed by atoms with E-state index in [0.29, 0.717) is 13.1 Å². The highest BCUT2D eigenvalue weighted by Gasteiger charge is 2.46. The Kier molecular flexibility index (Phi) is 8.28. The first-order chi connectivity index (χ1) is 18.2. The molecule has 0 saturated carbocycles. The molecular weight excluding hydrogens is 500 g/mol. The van der Waals surface area contributed by atoms with Gasteiger partial charge in [0.25, 0.3) is 0 Å². The van der Waals surface area contributed by atoms with Crippen molar-refractivity contribution in [3.63, 3.8) is 0 Å². The normalized spacial score (nSPS) is 26.7. The van der Waals surface area contributed by atoms with Gasteiger partial charge in [-0.15, -0.1) is 0 Å². The third-order valence-electron chi connectivity index (χ3n) is 8.32. The van der Waals surface area contributed by atoms with Crippen LogP contribution in [0.5, 0.6) is 0 Å². The lowest BCUT2D eigenvalue weighted by atomic mass is 9.77. The molecule has 3 heterocycles. The number of hydrogen-bond acceptors (Lipinski definition) is 6. The highest BCUT2D eigenvalue weighted by Crippen LogP contribution is 2.35. The molecule has 9 heteroatoms. The minimum absolute atomic E-state index is 0.00828. The largest absolute Gasteiger partial charge is 0.480 e. The van der Waals surface area contributed by atoms with Gasteiger partial charge in [0.15, 0.2) is 0 Å². The molecule has 4 bridgehead atoms. The number of fused-ring (bicyclic) bond motifs is 3. The molecule has 3 atom stereocenters. The number of carbonyl (C=O) groups is 4. The molecule has 1 aromatic carbocycles. The van der Waals surface area contributed by atoms with Gasteiger partial charge in [0.1, 0.15) is 12.1 Å². The second-order valence-corrected chi connectivity index (χ2v) is 13.2. The van der Waals surface area contributed by atoms with E-state index in [4.69, 9.17) is 9.47 Å². The first kappa shape index (κ1) is 28.9. The second-order valence-electron chi connectivity index (χ2n) is 13.2. The fraction of sp³-hybridized carbons (Fsp3) is 0.667. The van der Waals surface area contributed by atoms with E-state index in [1.54, 1.807) is 4.90 Å². The van der Waals surface area contributed by atoms with Crippen LogP contribution in [0.1, 0.15) is 83.4 Å². The molecule has 0 radical (unpaired) electrons. The maximum atomic E-state index is 13.7. The van der Waals surface area contributed by atoms with Crippen LogP contribution in [-0.4, -0.2) is 64.1 Å². The fourth-order valence-electron chi connectivity index (χ4n) is 5.89. The van der Waals surface area contributed by atoms with Gasteiger partial charge in [-0.25, -0.2) is 9.59 Å². The van der Waals surface area contributed by atoms with Gasteiger partial charge in [-0.05, 0) is 46.8 Å². The molecule has 0 aliphatic carbocycles. The van der Waals surface area contributed by atoms with E-state index in [2.05, 4.69) is 19.9 Å². The van der Waals surface area contributed by atoms with Crippen LogP contribution in [0.2, 0.25) is 0 Å². The molecule has 4 rings (SSSR count). The Morgan fingerprint density at radius 1 is 1.08 bits per heavy atom. The van der Waals surface area contributed by atoms with Crippen molar-refractivity contribution in [2.45, 2.75) is 98.4 Å². The maximum Gasteiger partial charge on any atom is 0.410 e. The lowest BCUT2D eigenvalue weighted by Crippen LogP contribution is -2.47. The topological polar surface area (TPSA) is 113 Å². The highest BCUT2D eigenvalue weighted by molar-refractivity contribution is 5.89. The Bertz CT molecular complexity index is 1120. The average Bonchev–Trinajstić information content (AvgIpc) is 3.47. The Morgan fingerprint density at radius 2 is 1.79 bits per heavy atom. The van der Waals surface area contributed by atoms with Gasteiger partial charge < -0.3 is 19.5 Å². The summed E-state index contributed by atoms with van der Waals surface area (Å²) in [5.41, 5.74) is 2.64. The van der Waals surface area contributed by atoms with Gasteiger partial charge in [-0.1, -0.05) is 59.2 Å². The van der Waals surface area contributed by atoms with Crippen LogP contribution in [0, 0.1) is 16.7 Å². The standard InChI is InChI=1S/C30H42N2O7/c1-29(2,3)23-14-25(33)38-18-30(4,5)12-7-6-9-19-10-8-11-20-15-31(17-22(19)20)28(37)39-21-13-24(27(35)36)32(16-21)26(23)34/h8,10-11,21,23-24H,6-7,9,12-18H2,1-5H3,(H,35,36)/t21-,23-,24+/m1/s1. The third kappa shape index (κ3) is 6.73. The molecule has 1 aromatic rings. The van der Waals surface area contributed by atoms with Crippen LogP contribution >= 0.6 is 0 Å². The van der Waals surface area contributed by atoms with Crippen molar-refractivity contribution in [1.82, 2.24) is 9.80 Å². The molecule has 0 aromatic heterocycles. The number of carboxylic acid groups (broad SMARTS) is 1. The Balaban J connectivity index is 1.61. The zero-order valence-electron chi connectivity index (χ0n) is 23.8. The minimum Gasteiger partial charge on any atom is -0.480 e. The number of nitrogens with zero attached hydrogens (tertiary/aromatic N) is 2. The summed E-state index contributed by atoms with van der Waals surface area (Å²) in [5, 5.41) is 9.91. The molecule has 1 fully saturated rings. The van der Waals surface area contributed by atoms with Gasteiger partial charge in [-0.2, -0.15) is 0 Å². The molecule has 0 unspecified atom stereocenters. The summed E-state index contributed by atoms with van der Waals surface area (Å²) in [5.74, 6) is -2.84. The molecule has 3 aliphatic rings. The third-order valence-corrected chi connectivity index (χ3v) is 8.32. The van der Waals surface area contributed by atoms with Crippen molar-refractivity contribution >= 4 is 23.9 Å². The molecule has 2 amide bonds. The van der Waals surface area contributed by atoms with Crippen LogP contribution < -0.4 is 0 Å². The van der Waals surface area contributed by atoms with Crippen molar-refractivity contribution in [1.29, 1.82) is 0 Å². The van der Waals surface area contributed by atoms with Crippen LogP contribution in [-0.2, 0) is 43.4 Å². The number of ether oxygens (including phenoxy) is 2. The maximum absolute atomic E-state index is 13.7. The SMILES string of the molecule is CC1(C)CCCCc2cccc3c2CN(C3)C(=O)O[C@@H]2C[C@@H](C(=O)O)N(C2)C(=O)[C@H](C(C)(C)C)CC(=O)OC1. The molecular formula is C30H42N2O7. The number of amides is 2. The summed E-state index contributed by atoms with van der Waals surface area (Å²) in [6.45, 7) is 10.8. The van der Waals surface area contributed by atoms with E-state index in [9.17, 15) is 24.3 Å². The zero-order valence-corrected chi connectivity index (χ0v) is 23.8.